The predicted octanol–water partition coefficient (Wildman–Crippen LogP) is 3.29. The molecule has 0 saturated carbocycles. The van der Waals surface area contributed by atoms with Gasteiger partial charge in [-0.2, -0.15) is 13.2 Å². The molecule has 0 aliphatic carbocycles. The molecule has 2 aromatic rings. The number of alkyl halides is 3. The van der Waals surface area contributed by atoms with Crippen molar-refractivity contribution in [1.29, 1.82) is 0 Å². The summed E-state index contributed by atoms with van der Waals surface area (Å²) >= 11 is 0.898. The van der Waals surface area contributed by atoms with E-state index in [2.05, 4.69) is 9.59 Å². The molecule has 100 valence electrons. The van der Waals surface area contributed by atoms with Crippen LogP contribution in [0.4, 0.5) is 13.2 Å². The van der Waals surface area contributed by atoms with Crippen molar-refractivity contribution in [3.8, 4) is 0 Å². The topological polar surface area (TPSA) is 42.9 Å². The second-order valence-corrected chi connectivity index (χ2v) is 4.70. The fraction of sp³-hybridized carbons (Fsp3) is 0.250. The molecule has 2 rings (SSSR count). The van der Waals surface area contributed by atoms with E-state index in [0.717, 1.165) is 17.6 Å². The van der Waals surface area contributed by atoms with Crippen molar-refractivity contribution < 1.29 is 18.0 Å². The Balaban J connectivity index is 2.30. The van der Waals surface area contributed by atoms with Crippen molar-refractivity contribution in [1.82, 2.24) is 9.59 Å². The zero-order valence-corrected chi connectivity index (χ0v) is 10.7. The van der Waals surface area contributed by atoms with Gasteiger partial charge >= 0.3 is 6.18 Å². The average molecular weight is 286 g/mol. The zero-order chi connectivity index (χ0) is 14.0. The standard InChI is InChI=1S/C12H9F3N2OS/c1-7-11(19-17-16-7)10(18)6-8-4-2-3-5-9(8)12(13,14)15/h2-5H,6H2,1H3. The molecule has 1 aromatic heterocycles. The molecule has 0 saturated heterocycles. The third kappa shape index (κ3) is 2.98. The summed E-state index contributed by atoms with van der Waals surface area (Å²) in [6.45, 7) is 1.60. The summed E-state index contributed by atoms with van der Waals surface area (Å²) < 4.78 is 42.0. The Kier molecular flexibility index (Phi) is 3.66. The lowest BCUT2D eigenvalue weighted by Gasteiger charge is -2.11. The molecule has 1 heterocycles. The lowest BCUT2D eigenvalue weighted by Crippen LogP contribution is -2.12. The molecule has 0 aliphatic heterocycles. The van der Waals surface area contributed by atoms with E-state index in [9.17, 15) is 18.0 Å². The molecule has 7 heteroatoms. The molecule has 0 radical (unpaired) electrons. The Morgan fingerprint density at radius 1 is 1.32 bits per heavy atom. The number of carbonyl (C=O) groups is 1. The van der Waals surface area contributed by atoms with Crippen LogP contribution in [-0.4, -0.2) is 15.4 Å². The van der Waals surface area contributed by atoms with Gasteiger partial charge in [0.15, 0.2) is 5.78 Å². The number of ketones is 1. The van der Waals surface area contributed by atoms with Crippen LogP contribution in [0.1, 0.15) is 26.5 Å². The third-order valence-corrected chi connectivity index (χ3v) is 3.45. The fourth-order valence-corrected chi connectivity index (χ4v) is 2.28. The van der Waals surface area contributed by atoms with Crippen molar-refractivity contribution in [2.24, 2.45) is 0 Å². The Hall–Kier alpha value is -1.76. The van der Waals surface area contributed by atoms with E-state index in [4.69, 9.17) is 0 Å². The van der Waals surface area contributed by atoms with Gasteiger partial charge in [-0.3, -0.25) is 4.79 Å². The van der Waals surface area contributed by atoms with Gasteiger partial charge in [0.2, 0.25) is 0 Å². The summed E-state index contributed by atoms with van der Waals surface area (Å²) in [6.07, 6.45) is -4.77. The highest BCUT2D eigenvalue weighted by molar-refractivity contribution is 7.08. The molecular formula is C12H9F3N2OS. The van der Waals surface area contributed by atoms with Gasteiger partial charge in [0.05, 0.1) is 11.3 Å². The van der Waals surface area contributed by atoms with Gasteiger partial charge in [-0.25, -0.2) is 0 Å². The number of nitrogens with zero attached hydrogens (tertiary/aromatic N) is 2. The van der Waals surface area contributed by atoms with Gasteiger partial charge in [-0.1, -0.05) is 22.7 Å². The third-order valence-electron chi connectivity index (χ3n) is 2.58. The van der Waals surface area contributed by atoms with E-state index in [1.807, 2.05) is 0 Å². The molecule has 19 heavy (non-hydrogen) atoms. The number of aryl methyl sites for hydroxylation is 1. The highest BCUT2D eigenvalue weighted by atomic mass is 32.1. The van der Waals surface area contributed by atoms with Gasteiger partial charge in [0.1, 0.15) is 4.88 Å². The number of hydrogen-bond donors (Lipinski definition) is 0. The van der Waals surface area contributed by atoms with Crippen molar-refractivity contribution in [3.05, 3.63) is 46.0 Å². The summed E-state index contributed by atoms with van der Waals surface area (Å²) in [5.74, 6) is -0.399. The first-order chi connectivity index (χ1) is 8.89. The Morgan fingerprint density at radius 3 is 2.58 bits per heavy atom. The maximum atomic E-state index is 12.8. The maximum Gasteiger partial charge on any atom is 0.416 e. The molecule has 0 bridgehead atoms. The van der Waals surface area contributed by atoms with Gasteiger partial charge in [0.25, 0.3) is 0 Å². The summed E-state index contributed by atoms with van der Waals surface area (Å²) in [5, 5.41) is 3.68. The van der Waals surface area contributed by atoms with E-state index in [1.165, 1.54) is 18.2 Å². The molecule has 3 nitrogen and oxygen atoms in total. The monoisotopic (exact) mass is 286 g/mol. The van der Waals surface area contributed by atoms with Gasteiger partial charge < -0.3 is 0 Å². The van der Waals surface area contributed by atoms with Crippen LogP contribution in [0.15, 0.2) is 24.3 Å². The van der Waals surface area contributed by atoms with Gasteiger partial charge in [-0.15, -0.1) is 5.10 Å². The molecular weight excluding hydrogens is 277 g/mol. The zero-order valence-electron chi connectivity index (χ0n) is 9.86. The number of carbonyl (C=O) groups excluding carboxylic acids is 1. The molecule has 1 aromatic carbocycles. The van der Waals surface area contributed by atoms with E-state index >= 15 is 0 Å². The van der Waals surface area contributed by atoms with E-state index < -0.39 is 17.5 Å². The number of aromatic nitrogens is 2. The molecule has 0 amide bonds. The van der Waals surface area contributed by atoms with Crippen LogP contribution < -0.4 is 0 Å². The van der Waals surface area contributed by atoms with Gasteiger partial charge in [0, 0.05) is 6.42 Å². The molecule has 0 unspecified atom stereocenters. The summed E-state index contributed by atoms with van der Waals surface area (Å²) in [5.41, 5.74) is -0.370. The summed E-state index contributed by atoms with van der Waals surface area (Å²) in [7, 11) is 0. The largest absolute Gasteiger partial charge is 0.416 e. The second-order valence-electron chi connectivity index (χ2n) is 3.94. The molecule has 0 spiro atoms. The van der Waals surface area contributed by atoms with E-state index in [0.29, 0.717) is 10.6 Å². The van der Waals surface area contributed by atoms with Crippen LogP contribution in [-0.2, 0) is 12.6 Å². The highest BCUT2D eigenvalue weighted by Crippen LogP contribution is 2.32. The Morgan fingerprint density at radius 2 is 2.00 bits per heavy atom. The smallest absolute Gasteiger partial charge is 0.293 e. The molecule has 0 fully saturated rings. The first-order valence-corrected chi connectivity index (χ1v) is 6.14. The first kappa shape index (κ1) is 13.7. The highest BCUT2D eigenvalue weighted by Gasteiger charge is 2.33. The van der Waals surface area contributed by atoms with Crippen molar-refractivity contribution >= 4 is 17.3 Å². The first-order valence-electron chi connectivity index (χ1n) is 5.37. The van der Waals surface area contributed by atoms with Crippen molar-refractivity contribution in [2.45, 2.75) is 19.5 Å². The van der Waals surface area contributed by atoms with Crippen LogP contribution in [0.5, 0.6) is 0 Å². The summed E-state index contributed by atoms with van der Waals surface area (Å²) in [6, 6.07) is 5.07. The Labute approximate surface area is 111 Å². The lowest BCUT2D eigenvalue weighted by molar-refractivity contribution is -0.138. The minimum Gasteiger partial charge on any atom is -0.293 e. The second kappa shape index (κ2) is 5.08. The van der Waals surface area contributed by atoms with Crippen molar-refractivity contribution in [2.75, 3.05) is 0 Å². The van der Waals surface area contributed by atoms with Crippen LogP contribution >= 0.6 is 11.5 Å². The Bertz CT molecular complexity index is 607. The SMILES string of the molecule is Cc1nnsc1C(=O)Cc1ccccc1C(F)(F)F. The number of halogens is 3. The fourth-order valence-electron chi connectivity index (χ4n) is 1.69. The molecule has 0 atom stereocenters. The minimum atomic E-state index is -4.46. The van der Waals surface area contributed by atoms with E-state index in [-0.39, 0.29) is 12.0 Å². The van der Waals surface area contributed by atoms with E-state index in [1.54, 1.807) is 6.92 Å². The van der Waals surface area contributed by atoms with Gasteiger partial charge in [-0.05, 0) is 30.1 Å². The average Bonchev–Trinajstić information content (AvgIpc) is 2.75. The normalized spacial score (nSPS) is 11.6. The predicted molar refractivity (Wildman–Crippen MR) is 64.1 cm³/mol. The minimum absolute atomic E-state index is 0.0344. The van der Waals surface area contributed by atoms with Crippen LogP contribution in [0, 0.1) is 6.92 Å². The lowest BCUT2D eigenvalue weighted by atomic mass is 10.0. The van der Waals surface area contributed by atoms with Crippen LogP contribution in [0.2, 0.25) is 0 Å². The number of rotatable bonds is 3. The maximum absolute atomic E-state index is 12.8. The van der Waals surface area contributed by atoms with Crippen LogP contribution in [0.25, 0.3) is 0 Å². The molecule has 0 N–H and O–H groups in total. The molecule has 0 aliphatic rings. The summed E-state index contributed by atoms with van der Waals surface area (Å²) in [4.78, 5) is 12.2. The van der Waals surface area contributed by atoms with Crippen LogP contribution in [0.3, 0.4) is 0 Å². The number of benzene rings is 1. The number of hydrogen-bond acceptors (Lipinski definition) is 4. The quantitative estimate of drug-likeness (QED) is 0.813. The van der Waals surface area contributed by atoms with Crippen molar-refractivity contribution in [3.63, 3.8) is 0 Å². The number of Topliss-reactive ketones (excluding diaryl/α,β-unsaturated/α-hetero) is 1.